The van der Waals surface area contributed by atoms with Crippen molar-refractivity contribution in [3.05, 3.63) is 45.7 Å². The lowest BCUT2D eigenvalue weighted by Gasteiger charge is -2.14. The molecular weight excluding hydrogens is 251 g/mol. The maximum absolute atomic E-state index is 13.6. The highest BCUT2D eigenvalue weighted by atomic mass is 32.1. The first-order valence-electron chi connectivity index (χ1n) is 5.69. The van der Waals surface area contributed by atoms with E-state index in [0.29, 0.717) is 12.1 Å². The number of hydrogen-bond acceptors (Lipinski definition) is 4. The van der Waals surface area contributed by atoms with Crippen molar-refractivity contribution >= 4 is 11.3 Å². The molecule has 1 aromatic carbocycles. The van der Waals surface area contributed by atoms with Crippen molar-refractivity contribution in [2.24, 2.45) is 0 Å². The van der Waals surface area contributed by atoms with E-state index in [1.54, 1.807) is 17.4 Å². The monoisotopic (exact) mass is 266 g/mol. The van der Waals surface area contributed by atoms with Crippen molar-refractivity contribution in [3.63, 3.8) is 0 Å². The molecule has 0 radical (unpaired) electrons. The maximum Gasteiger partial charge on any atom is 0.131 e. The average Bonchev–Trinajstić information content (AvgIpc) is 2.72. The van der Waals surface area contributed by atoms with Crippen LogP contribution in [-0.2, 0) is 6.54 Å². The molecule has 2 aromatic rings. The van der Waals surface area contributed by atoms with Crippen molar-refractivity contribution in [3.8, 4) is 5.75 Å². The predicted molar refractivity (Wildman–Crippen MR) is 70.2 cm³/mol. The van der Waals surface area contributed by atoms with Gasteiger partial charge >= 0.3 is 0 Å². The fourth-order valence-corrected chi connectivity index (χ4v) is 2.34. The van der Waals surface area contributed by atoms with E-state index >= 15 is 0 Å². The van der Waals surface area contributed by atoms with E-state index in [9.17, 15) is 4.39 Å². The Morgan fingerprint density at radius 3 is 2.89 bits per heavy atom. The molecule has 0 aliphatic carbocycles. The van der Waals surface area contributed by atoms with E-state index in [1.165, 1.54) is 6.07 Å². The molecule has 5 heteroatoms. The second-order valence-corrected chi connectivity index (χ2v) is 5.23. The summed E-state index contributed by atoms with van der Waals surface area (Å²) in [7, 11) is 0. The third-order valence-corrected chi connectivity index (χ3v) is 3.53. The molecule has 1 unspecified atom stereocenters. The minimum Gasteiger partial charge on any atom is -0.508 e. The minimum atomic E-state index is -0.399. The Hall–Kier alpha value is -1.46. The van der Waals surface area contributed by atoms with Gasteiger partial charge in [-0.25, -0.2) is 9.37 Å². The molecule has 0 fully saturated rings. The van der Waals surface area contributed by atoms with Crippen LogP contribution in [0.1, 0.15) is 29.2 Å². The zero-order valence-electron chi connectivity index (χ0n) is 10.3. The first-order valence-corrected chi connectivity index (χ1v) is 6.57. The van der Waals surface area contributed by atoms with Gasteiger partial charge in [-0.3, -0.25) is 0 Å². The Bertz CT molecular complexity index is 542. The first-order chi connectivity index (χ1) is 8.56. The summed E-state index contributed by atoms with van der Waals surface area (Å²) in [6.45, 7) is 4.44. The average molecular weight is 266 g/mol. The van der Waals surface area contributed by atoms with Gasteiger partial charge in [0.15, 0.2) is 0 Å². The molecule has 0 aliphatic rings. The van der Waals surface area contributed by atoms with Gasteiger partial charge in [0.2, 0.25) is 0 Å². The molecule has 3 nitrogen and oxygen atoms in total. The highest BCUT2D eigenvalue weighted by Gasteiger charge is 2.11. The topological polar surface area (TPSA) is 45.2 Å². The number of rotatable bonds is 4. The van der Waals surface area contributed by atoms with Crippen LogP contribution in [0.15, 0.2) is 23.6 Å². The van der Waals surface area contributed by atoms with Gasteiger partial charge in [-0.05, 0) is 19.9 Å². The Morgan fingerprint density at radius 1 is 1.50 bits per heavy atom. The second-order valence-electron chi connectivity index (χ2n) is 4.17. The molecule has 0 saturated heterocycles. The van der Waals surface area contributed by atoms with Gasteiger partial charge in [0.05, 0.1) is 10.7 Å². The van der Waals surface area contributed by atoms with Crippen LogP contribution in [0.4, 0.5) is 4.39 Å². The normalized spacial score (nSPS) is 12.6. The summed E-state index contributed by atoms with van der Waals surface area (Å²) in [5.74, 6) is -0.456. The van der Waals surface area contributed by atoms with Crippen molar-refractivity contribution < 1.29 is 9.50 Å². The smallest absolute Gasteiger partial charge is 0.131 e. The minimum absolute atomic E-state index is 0.0569. The lowest BCUT2D eigenvalue weighted by molar-refractivity contribution is 0.463. The second kappa shape index (κ2) is 5.46. The lowest BCUT2D eigenvalue weighted by atomic mass is 10.1. The van der Waals surface area contributed by atoms with Gasteiger partial charge in [-0.2, -0.15) is 0 Å². The maximum atomic E-state index is 13.6. The summed E-state index contributed by atoms with van der Waals surface area (Å²) in [5.41, 5.74) is 1.50. The third kappa shape index (κ3) is 3.05. The number of phenols is 1. The Kier molecular flexibility index (Phi) is 3.93. The summed E-state index contributed by atoms with van der Waals surface area (Å²) in [4.78, 5) is 4.34. The van der Waals surface area contributed by atoms with Crippen molar-refractivity contribution in [1.29, 1.82) is 0 Å². The predicted octanol–water partition coefficient (Wildman–Crippen LogP) is 3.15. The fourth-order valence-electron chi connectivity index (χ4n) is 1.72. The highest BCUT2D eigenvalue weighted by Crippen LogP contribution is 2.21. The van der Waals surface area contributed by atoms with Crippen molar-refractivity contribution in [2.45, 2.75) is 26.4 Å². The molecule has 18 heavy (non-hydrogen) atoms. The van der Waals surface area contributed by atoms with Gasteiger partial charge in [-0.1, -0.05) is 6.07 Å². The van der Waals surface area contributed by atoms with E-state index in [-0.39, 0.29) is 11.8 Å². The molecule has 1 heterocycles. The van der Waals surface area contributed by atoms with Crippen LogP contribution in [0.5, 0.6) is 5.75 Å². The molecule has 0 amide bonds. The van der Waals surface area contributed by atoms with Crippen LogP contribution < -0.4 is 5.32 Å². The quantitative estimate of drug-likeness (QED) is 0.893. The van der Waals surface area contributed by atoms with Gasteiger partial charge in [0.1, 0.15) is 11.6 Å². The zero-order chi connectivity index (χ0) is 13.1. The highest BCUT2D eigenvalue weighted by molar-refractivity contribution is 7.09. The van der Waals surface area contributed by atoms with Gasteiger partial charge in [-0.15, -0.1) is 11.3 Å². The van der Waals surface area contributed by atoms with E-state index in [2.05, 4.69) is 10.3 Å². The molecule has 2 N–H and O–H groups in total. The lowest BCUT2D eigenvalue weighted by Crippen LogP contribution is -2.19. The number of hydrogen-bond donors (Lipinski definition) is 2. The zero-order valence-corrected chi connectivity index (χ0v) is 11.1. The van der Waals surface area contributed by atoms with Gasteiger partial charge in [0, 0.05) is 29.6 Å². The first kappa shape index (κ1) is 13.0. The molecule has 0 spiro atoms. The number of aromatic hydroxyl groups is 1. The number of thiazole rings is 1. The SMILES string of the molecule is Cc1nc(CNC(C)c2ccc(O)cc2F)cs1. The third-order valence-electron chi connectivity index (χ3n) is 2.71. The number of phenolic OH excluding ortho intramolecular Hbond substituents is 1. The number of aromatic nitrogens is 1. The summed E-state index contributed by atoms with van der Waals surface area (Å²) in [6.07, 6.45) is 0. The Morgan fingerprint density at radius 2 is 2.28 bits per heavy atom. The number of nitrogens with zero attached hydrogens (tertiary/aromatic N) is 1. The summed E-state index contributed by atoms with van der Waals surface area (Å²) in [5, 5.41) is 15.4. The van der Waals surface area contributed by atoms with Crippen LogP contribution in [0.25, 0.3) is 0 Å². The number of nitrogens with one attached hydrogen (secondary N) is 1. The summed E-state index contributed by atoms with van der Waals surface area (Å²) in [6, 6.07) is 4.08. The van der Waals surface area contributed by atoms with Crippen molar-refractivity contribution in [1.82, 2.24) is 10.3 Å². The molecule has 2 rings (SSSR count). The molecule has 0 aliphatic heterocycles. The molecule has 0 saturated carbocycles. The molecule has 96 valence electrons. The summed E-state index contributed by atoms with van der Waals surface area (Å²) < 4.78 is 13.6. The molecular formula is C13H15FN2OS. The van der Waals surface area contributed by atoms with E-state index in [1.807, 2.05) is 19.2 Å². The van der Waals surface area contributed by atoms with E-state index < -0.39 is 5.82 Å². The number of aryl methyl sites for hydroxylation is 1. The van der Waals surface area contributed by atoms with Crippen LogP contribution in [-0.4, -0.2) is 10.1 Å². The number of benzene rings is 1. The summed E-state index contributed by atoms with van der Waals surface area (Å²) >= 11 is 1.60. The number of halogens is 1. The van der Waals surface area contributed by atoms with E-state index in [0.717, 1.165) is 16.8 Å². The van der Waals surface area contributed by atoms with Crippen LogP contribution in [0.2, 0.25) is 0 Å². The molecule has 1 atom stereocenters. The van der Waals surface area contributed by atoms with Crippen LogP contribution >= 0.6 is 11.3 Å². The van der Waals surface area contributed by atoms with Crippen molar-refractivity contribution in [2.75, 3.05) is 0 Å². The van der Waals surface area contributed by atoms with Gasteiger partial charge < -0.3 is 10.4 Å². The molecule has 0 bridgehead atoms. The van der Waals surface area contributed by atoms with Crippen LogP contribution in [0, 0.1) is 12.7 Å². The Labute approximate surface area is 109 Å². The standard InChI is InChI=1S/C13H15FN2OS/c1-8(12-4-3-11(17)5-13(12)14)15-6-10-7-18-9(2)16-10/h3-5,7-8,15,17H,6H2,1-2H3. The Balaban J connectivity index is 2.01. The van der Waals surface area contributed by atoms with E-state index in [4.69, 9.17) is 5.11 Å². The fraction of sp³-hybridized carbons (Fsp3) is 0.308. The van der Waals surface area contributed by atoms with Crippen LogP contribution in [0.3, 0.4) is 0 Å². The van der Waals surface area contributed by atoms with Gasteiger partial charge in [0.25, 0.3) is 0 Å². The largest absolute Gasteiger partial charge is 0.508 e. The molecule has 1 aromatic heterocycles.